The van der Waals surface area contributed by atoms with Gasteiger partial charge in [-0.25, -0.2) is 0 Å². The lowest BCUT2D eigenvalue weighted by molar-refractivity contribution is -0.385. The van der Waals surface area contributed by atoms with Gasteiger partial charge >= 0.3 is 0 Å². The molecule has 16 heteroatoms. The van der Waals surface area contributed by atoms with Crippen LogP contribution in [0.25, 0.3) is 0 Å². The maximum atomic E-state index is 13.8. The molecule has 2 atom stereocenters. The summed E-state index contributed by atoms with van der Waals surface area (Å²) in [6.07, 6.45) is 3.13. The summed E-state index contributed by atoms with van der Waals surface area (Å²) in [7, 11) is 7.73. The van der Waals surface area contributed by atoms with Crippen molar-refractivity contribution in [2.75, 3.05) is 66.8 Å². The number of nitro groups is 1. The predicted octanol–water partition coefficient (Wildman–Crippen LogP) is 8.18. The first kappa shape index (κ1) is 42.4. The average molecular weight is 814 g/mol. The quantitative estimate of drug-likeness (QED) is 0.0441. The van der Waals surface area contributed by atoms with E-state index in [1.165, 1.54) is 19.2 Å². The summed E-state index contributed by atoms with van der Waals surface area (Å²) >= 11 is 3.63. The van der Waals surface area contributed by atoms with Crippen LogP contribution in [-0.4, -0.2) is 98.9 Å². The van der Waals surface area contributed by atoms with Crippen molar-refractivity contribution in [1.82, 2.24) is 4.90 Å². The monoisotopic (exact) mass is 813 g/mol. The zero-order chi connectivity index (χ0) is 40.2. The Labute approximate surface area is 336 Å². The van der Waals surface area contributed by atoms with Gasteiger partial charge in [0.05, 0.1) is 76.1 Å². The number of ether oxygens (including phenoxy) is 7. The summed E-state index contributed by atoms with van der Waals surface area (Å²) in [4.78, 5) is 33.1. The highest BCUT2D eigenvalue weighted by Crippen LogP contribution is 2.43. The Kier molecular flexibility index (Phi) is 15.5. The van der Waals surface area contributed by atoms with Gasteiger partial charge in [0.15, 0.2) is 40.6 Å². The highest BCUT2D eigenvalue weighted by Gasteiger charge is 2.38. The van der Waals surface area contributed by atoms with Gasteiger partial charge in [0.2, 0.25) is 5.75 Å². The SMILES string of the molecule is CCSC(SCC)[C@@H]1CCCN1C(=O)c1cc(OC)c(OCCCCOc2ccc(C3=NOC(c4cc(OC)c(OC)c(OC)c4)C3)cc2OC)cc1[N+](=O)[O-]. The summed E-state index contributed by atoms with van der Waals surface area (Å²) in [6.45, 7) is 5.40. The molecule has 0 spiro atoms. The number of likely N-dealkylation sites (tertiary alicyclic amines) is 1. The van der Waals surface area contributed by atoms with Crippen molar-refractivity contribution in [3.63, 3.8) is 0 Å². The third kappa shape index (κ3) is 9.81. The third-order valence-electron chi connectivity index (χ3n) is 9.52. The Balaban J connectivity index is 1.16. The summed E-state index contributed by atoms with van der Waals surface area (Å²) in [5.41, 5.74) is 2.14. The normalized spacial score (nSPS) is 16.3. The van der Waals surface area contributed by atoms with Crippen molar-refractivity contribution in [1.29, 1.82) is 0 Å². The Morgan fingerprint density at radius 1 is 0.857 bits per heavy atom. The van der Waals surface area contributed by atoms with Crippen LogP contribution in [0.1, 0.15) is 73.5 Å². The van der Waals surface area contributed by atoms with Crippen LogP contribution >= 0.6 is 23.5 Å². The molecule has 2 heterocycles. The van der Waals surface area contributed by atoms with Gasteiger partial charge in [-0.1, -0.05) is 19.0 Å². The number of amides is 1. The van der Waals surface area contributed by atoms with Crippen molar-refractivity contribution in [3.8, 4) is 40.2 Å². The van der Waals surface area contributed by atoms with Gasteiger partial charge in [-0.2, -0.15) is 0 Å². The van der Waals surface area contributed by atoms with Gasteiger partial charge in [-0.15, -0.1) is 23.5 Å². The molecule has 0 radical (unpaired) electrons. The standard InChI is InChI=1S/C40H51N3O11S2/c1-8-55-40(56-9-2)29-13-12-16-42(29)39(44)27-22-34(48-4)35(24-30(27)43(45)46)53-18-11-10-17-52-31-15-14-25(19-33(31)47-3)28-23-32(54-41-28)26-20-36(49-5)38(51-7)37(21-26)50-6/h14-15,19-22,24,29,32,40H,8-13,16-18,23H2,1-7H3/t29-,32?/m0/s1. The molecule has 1 amide bonds. The lowest BCUT2D eigenvalue weighted by Crippen LogP contribution is -2.41. The van der Waals surface area contributed by atoms with E-state index in [0.717, 1.165) is 41.2 Å². The van der Waals surface area contributed by atoms with Gasteiger partial charge in [-0.3, -0.25) is 14.9 Å². The number of benzene rings is 3. The first-order chi connectivity index (χ1) is 27.2. The number of hydrogen-bond donors (Lipinski definition) is 0. The molecule has 0 N–H and O–H groups in total. The van der Waals surface area contributed by atoms with Crippen molar-refractivity contribution in [2.45, 2.75) is 62.7 Å². The number of thioether (sulfide) groups is 2. The molecule has 2 aliphatic rings. The number of nitrogens with zero attached hydrogens (tertiary/aromatic N) is 3. The molecule has 0 saturated carbocycles. The molecule has 304 valence electrons. The van der Waals surface area contributed by atoms with Gasteiger partial charge in [0.1, 0.15) is 5.56 Å². The summed E-state index contributed by atoms with van der Waals surface area (Å²) in [5, 5.41) is 16.6. The minimum absolute atomic E-state index is 0.00443. The first-order valence-corrected chi connectivity index (χ1v) is 20.7. The molecule has 14 nitrogen and oxygen atoms in total. The van der Waals surface area contributed by atoms with E-state index in [4.69, 9.17) is 38.0 Å². The van der Waals surface area contributed by atoms with E-state index in [0.29, 0.717) is 61.2 Å². The Morgan fingerprint density at radius 3 is 2.07 bits per heavy atom. The van der Waals surface area contributed by atoms with Crippen LogP contribution < -0.4 is 33.2 Å². The summed E-state index contributed by atoms with van der Waals surface area (Å²) < 4.78 is 39.9. The highest BCUT2D eigenvalue weighted by atomic mass is 32.2. The fraction of sp³-hybridized carbons (Fsp3) is 0.500. The summed E-state index contributed by atoms with van der Waals surface area (Å²) in [5.74, 6) is 4.67. The molecule has 1 fully saturated rings. The number of unbranched alkanes of at least 4 members (excludes halogenated alkanes) is 1. The molecule has 2 aliphatic heterocycles. The fourth-order valence-electron chi connectivity index (χ4n) is 6.77. The van der Waals surface area contributed by atoms with Crippen molar-refractivity contribution < 1.29 is 47.7 Å². The smallest absolute Gasteiger partial charge is 0.286 e. The largest absolute Gasteiger partial charge is 0.493 e. The minimum atomic E-state index is -0.531. The predicted molar refractivity (Wildman–Crippen MR) is 218 cm³/mol. The van der Waals surface area contributed by atoms with Gasteiger partial charge in [-0.05, 0) is 67.5 Å². The van der Waals surface area contributed by atoms with Crippen LogP contribution in [0.15, 0.2) is 47.6 Å². The maximum Gasteiger partial charge on any atom is 0.286 e. The lowest BCUT2D eigenvalue weighted by Gasteiger charge is -2.31. The van der Waals surface area contributed by atoms with E-state index in [-0.39, 0.29) is 52.0 Å². The van der Waals surface area contributed by atoms with E-state index in [1.54, 1.807) is 33.3 Å². The number of nitro benzene ring substituents is 1. The van der Waals surface area contributed by atoms with Crippen LogP contribution in [0.3, 0.4) is 0 Å². The van der Waals surface area contributed by atoms with Gasteiger partial charge < -0.3 is 42.9 Å². The molecule has 0 aliphatic carbocycles. The molecule has 56 heavy (non-hydrogen) atoms. The number of methoxy groups -OCH3 is 5. The zero-order valence-corrected chi connectivity index (χ0v) is 34.6. The molecule has 0 aromatic heterocycles. The number of carbonyl (C=O) groups excluding carboxylic acids is 1. The topological polar surface area (TPSA) is 150 Å². The second-order valence-electron chi connectivity index (χ2n) is 12.8. The molecule has 3 aromatic rings. The molecule has 3 aromatic carbocycles. The molecule has 5 rings (SSSR count). The molecule has 0 bridgehead atoms. The Bertz CT molecular complexity index is 1830. The van der Waals surface area contributed by atoms with E-state index in [2.05, 4.69) is 19.0 Å². The van der Waals surface area contributed by atoms with E-state index in [1.807, 2.05) is 53.9 Å². The molecular formula is C40H51N3O11S2. The maximum absolute atomic E-state index is 13.8. The van der Waals surface area contributed by atoms with Crippen LogP contribution in [0.5, 0.6) is 40.2 Å². The number of rotatable bonds is 21. The minimum Gasteiger partial charge on any atom is -0.493 e. The molecular weight excluding hydrogens is 763 g/mol. The molecule has 1 saturated heterocycles. The fourth-order valence-corrected chi connectivity index (χ4v) is 9.64. The molecule has 1 unspecified atom stereocenters. The van der Waals surface area contributed by atoms with E-state index < -0.39 is 4.92 Å². The van der Waals surface area contributed by atoms with E-state index in [9.17, 15) is 14.9 Å². The van der Waals surface area contributed by atoms with Gasteiger partial charge in [0, 0.05) is 30.2 Å². The van der Waals surface area contributed by atoms with Crippen LogP contribution in [-0.2, 0) is 4.84 Å². The average Bonchev–Trinajstić information content (AvgIpc) is 3.92. The number of hydrogen-bond acceptors (Lipinski definition) is 14. The number of oxime groups is 1. The third-order valence-corrected chi connectivity index (χ3v) is 12.3. The van der Waals surface area contributed by atoms with Crippen molar-refractivity contribution in [2.24, 2.45) is 5.16 Å². The second-order valence-corrected chi connectivity index (χ2v) is 16.0. The van der Waals surface area contributed by atoms with Crippen molar-refractivity contribution >= 4 is 40.8 Å². The Morgan fingerprint density at radius 2 is 1.48 bits per heavy atom. The lowest BCUT2D eigenvalue weighted by atomic mass is 9.99. The highest BCUT2D eigenvalue weighted by molar-refractivity contribution is 8.17. The number of carbonyl (C=O) groups is 1. The van der Waals surface area contributed by atoms with Gasteiger partial charge in [0.25, 0.3) is 11.6 Å². The summed E-state index contributed by atoms with van der Waals surface area (Å²) in [6, 6.07) is 12.1. The van der Waals surface area contributed by atoms with Crippen LogP contribution in [0.2, 0.25) is 0 Å². The Hall–Kier alpha value is -4.70. The zero-order valence-electron chi connectivity index (χ0n) is 33.0. The second kappa shape index (κ2) is 20.5. The van der Waals surface area contributed by atoms with Crippen molar-refractivity contribution in [3.05, 3.63) is 69.3 Å². The van der Waals surface area contributed by atoms with Crippen LogP contribution in [0.4, 0.5) is 5.69 Å². The first-order valence-electron chi connectivity index (χ1n) is 18.6. The van der Waals surface area contributed by atoms with E-state index >= 15 is 0 Å². The van der Waals surface area contributed by atoms with Crippen LogP contribution in [0, 0.1) is 10.1 Å².